The molecule has 0 radical (unpaired) electrons. The van der Waals surface area contributed by atoms with E-state index in [1.165, 1.54) is 60.4 Å². The standard InChI is InChI=1S/C36H27N3S/c1-3-9-24(10-4-1)26-19-27(25-11-5-2-6-12-25)21-28(20-26)39-32-15-16-34-31(17-18-40-34)35(32)29-13-7-8-14-30(29)36-33(39)22-37-23-38-36/h1-7,9-13,15-22,38H,8,14,23H2. The molecule has 0 saturated carbocycles. The monoisotopic (exact) mass is 533 g/mol. The lowest BCUT2D eigenvalue weighted by atomic mass is 9.88. The maximum Gasteiger partial charge on any atom is 0.107 e. The van der Waals surface area contributed by atoms with Gasteiger partial charge >= 0.3 is 0 Å². The van der Waals surface area contributed by atoms with E-state index in [1.54, 1.807) is 0 Å². The lowest BCUT2D eigenvalue weighted by Gasteiger charge is -2.31. The van der Waals surface area contributed by atoms with Gasteiger partial charge < -0.3 is 10.2 Å². The molecule has 192 valence electrons. The minimum Gasteiger partial charge on any atom is -0.364 e. The van der Waals surface area contributed by atoms with Gasteiger partial charge in [-0.1, -0.05) is 72.8 Å². The van der Waals surface area contributed by atoms with Crippen molar-refractivity contribution in [3.05, 3.63) is 137 Å². The van der Waals surface area contributed by atoms with Crippen LogP contribution in [-0.4, -0.2) is 12.9 Å². The summed E-state index contributed by atoms with van der Waals surface area (Å²) in [4.78, 5) is 7.16. The van der Waals surface area contributed by atoms with E-state index in [9.17, 15) is 0 Å². The molecule has 0 unspecified atom stereocenters. The summed E-state index contributed by atoms with van der Waals surface area (Å²) in [5.74, 6) is 0. The number of hydrogen-bond donors (Lipinski definition) is 1. The van der Waals surface area contributed by atoms with Gasteiger partial charge in [-0.05, 0) is 88.0 Å². The number of hydrogen-bond acceptors (Lipinski definition) is 4. The second-order valence-corrected chi connectivity index (χ2v) is 11.3. The highest BCUT2D eigenvalue weighted by Gasteiger charge is 2.32. The van der Waals surface area contributed by atoms with Gasteiger partial charge in [-0.15, -0.1) is 11.3 Å². The van der Waals surface area contributed by atoms with E-state index in [0.717, 1.165) is 24.2 Å². The predicted octanol–water partition coefficient (Wildman–Crippen LogP) is 9.33. The SMILES string of the molecule is C1=CC2=C(CC1)C1=C(C=NCN1)N(c1cc(-c3ccccc3)cc(-c3ccccc3)c1)c1ccc3sccc3c12. The van der Waals surface area contributed by atoms with Gasteiger partial charge in [0, 0.05) is 27.6 Å². The number of rotatable bonds is 3. The summed E-state index contributed by atoms with van der Waals surface area (Å²) in [6.07, 6.45) is 8.79. The number of benzene rings is 4. The van der Waals surface area contributed by atoms with Crippen LogP contribution < -0.4 is 10.2 Å². The summed E-state index contributed by atoms with van der Waals surface area (Å²) in [7, 11) is 0. The Bertz CT molecular complexity index is 1830. The lowest BCUT2D eigenvalue weighted by Crippen LogP contribution is -2.29. The smallest absolute Gasteiger partial charge is 0.107 e. The Morgan fingerprint density at radius 2 is 1.52 bits per heavy atom. The van der Waals surface area contributed by atoms with Crippen LogP contribution in [0.5, 0.6) is 0 Å². The Morgan fingerprint density at radius 3 is 2.27 bits per heavy atom. The highest BCUT2D eigenvalue weighted by Crippen LogP contribution is 2.49. The van der Waals surface area contributed by atoms with E-state index < -0.39 is 0 Å². The molecule has 0 saturated heterocycles. The normalized spacial score (nSPS) is 15.9. The number of aliphatic imine (C=N–C) groups is 1. The quantitative estimate of drug-likeness (QED) is 0.250. The molecule has 5 aromatic rings. The number of nitrogens with one attached hydrogen (secondary N) is 1. The molecule has 0 spiro atoms. The van der Waals surface area contributed by atoms with Gasteiger partial charge in [0.05, 0.1) is 17.1 Å². The van der Waals surface area contributed by atoms with Crippen molar-refractivity contribution in [1.82, 2.24) is 5.32 Å². The van der Waals surface area contributed by atoms with Crippen molar-refractivity contribution in [2.75, 3.05) is 11.6 Å². The van der Waals surface area contributed by atoms with Crippen LogP contribution in [0, 0.1) is 0 Å². The average Bonchev–Trinajstić information content (AvgIpc) is 3.47. The molecule has 0 amide bonds. The zero-order chi connectivity index (χ0) is 26.5. The van der Waals surface area contributed by atoms with E-state index >= 15 is 0 Å². The van der Waals surface area contributed by atoms with Gasteiger partial charge in [-0.25, -0.2) is 0 Å². The molecule has 1 aliphatic carbocycles. The fourth-order valence-electron chi connectivity index (χ4n) is 6.25. The average molecular weight is 534 g/mol. The van der Waals surface area contributed by atoms with Crippen molar-refractivity contribution in [1.29, 1.82) is 0 Å². The second-order valence-electron chi connectivity index (χ2n) is 10.4. The molecule has 3 heterocycles. The van der Waals surface area contributed by atoms with E-state index in [1.807, 2.05) is 11.3 Å². The van der Waals surface area contributed by atoms with Crippen molar-refractivity contribution in [2.24, 2.45) is 4.99 Å². The highest BCUT2D eigenvalue weighted by atomic mass is 32.1. The Labute approximate surface area is 238 Å². The fraction of sp³-hybridized carbons (Fsp3) is 0.0833. The number of thiophene rings is 1. The summed E-state index contributed by atoms with van der Waals surface area (Å²) >= 11 is 1.81. The number of nitrogens with zero attached hydrogens (tertiary/aromatic N) is 2. The van der Waals surface area contributed by atoms with Gasteiger partial charge in [0.15, 0.2) is 0 Å². The van der Waals surface area contributed by atoms with Crippen LogP contribution in [0.1, 0.15) is 18.4 Å². The summed E-state index contributed by atoms with van der Waals surface area (Å²) < 4.78 is 1.31. The van der Waals surface area contributed by atoms with E-state index in [4.69, 9.17) is 4.99 Å². The number of fused-ring (bicyclic) bond motifs is 5. The Morgan fingerprint density at radius 1 is 0.775 bits per heavy atom. The highest BCUT2D eigenvalue weighted by molar-refractivity contribution is 7.17. The molecule has 3 aliphatic rings. The predicted molar refractivity (Wildman–Crippen MR) is 170 cm³/mol. The molecule has 8 rings (SSSR count). The molecule has 0 bridgehead atoms. The first-order chi connectivity index (χ1) is 19.8. The van der Waals surface area contributed by atoms with Crippen LogP contribution in [0.3, 0.4) is 0 Å². The number of anilines is 2. The summed E-state index contributed by atoms with van der Waals surface area (Å²) in [5.41, 5.74) is 13.4. The van der Waals surface area contributed by atoms with Crippen LogP contribution in [0.4, 0.5) is 11.4 Å². The molecule has 1 aromatic heterocycles. The van der Waals surface area contributed by atoms with Gasteiger partial charge in [-0.2, -0.15) is 0 Å². The Hall–Kier alpha value is -4.67. The zero-order valence-corrected chi connectivity index (χ0v) is 22.8. The topological polar surface area (TPSA) is 27.6 Å². The molecule has 3 nitrogen and oxygen atoms in total. The molecule has 2 aliphatic heterocycles. The van der Waals surface area contributed by atoms with Crippen molar-refractivity contribution >= 4 is 44.6 Å². The van der Waals surface area contributed by atoms with Crippen LogP contribution >= 0.6 is 11.3 Å². The first-order valence-electron chi connectivity index (χ1n) is 13.8. The van der Waals surface area contributed by atoms with Crippen LogP contribution in [0.2, 0.25) is 0 Å². The molecule has 0 atom stereocenters. The van der Waals surface area contributed by atoms with Crippen LogP contribution in [0.15, 0.2) is 137 Å². The second kappa shape index (κ2) is 9.51. The van der Waals surface area contributed by atoms with Gasteiger partial charge in [0.2, 0.25) is 0 Å². The molecule has 40 heavy (non-hydrogen) atoms. The molecule has 1 N–H and O–H groups in total. The minimum atomic E-state index is 0.594. The zero-order valence-electron chi connectivity index (χ0n) is 22.0. The maximum atomic E-state index is 4.73. The first kappa shape index (κ1) is 23.2. The maximum absolute atomic E-state index is 4.73. The lowest BCUT2D eigenvalue weighted by molar-refractivity contribution is 0.791. The van der Waals surface area contributed by atoms with E-state index in [-0.39, 0.29) is 0 Å². The number of allylic oxidation sites excluding steroid dienone is 5. The summed E-state index contributed by atoms with van der Waals surface area (Å²) in [5, 5.41) is 7.20. The molecular formula is C36H27N3S. The van der Waals surface area contributed by atoms with Crippen molar-refractivity contribution in [3.63, 3.8) is 0 Å². The summed E-state index contributed by atoms with van der Waals surface area (Å²) in [6.45, 7) is 0.594. The van der Waals surface area contributed by atoms with Crippen LogP contribution in [0.25, 0.3) is 37.9 Å². The van der Waals surface area contributed by atoms with Gasteiger partial charge in [0.1, 0.15) is 6.67 Å². The van der Waals surface area contributed by atoms with Gasteiger partial charge in [0.25, 0.3) is 0 Å². The fourth-order valence-corrected chi connectivity index (χ4v) is 7.04. The van der Waals surface area contributed by atoms with E-state index in [0.29, 0.717) is 6.67 Å². The largest absolute Gasteiger partial charge is 0.364 e. The summed E-state index contributed by atoms with van der Waals surface area (Å²) in [6, 6.07) is 35.2. The molecule has 4 aromatic carbocycles. The first-order valence-corrected chi connectivity index (χ1v) is 14.7. The van der Waals surface area contributed by atoms with Crippen molar-refractivity contribution in [3.8, 4) is 22.3 Å². The van der Waals surface area contributed by atoms with Gasteiger partial charge in [-0.3, -0.25) is 4.99 Å². The third-order valence-electron chi connectivity index (χ3n) is 8.04. The van der Waals surface area contributed by atoms with Crippen molar-refractivity contribution in [2.45, 2.75) is 12.8 Å². The Kier molecular flexibility index (Phi) is 5.52. The minimum absolute atomic E-state index is 0.594. The van der Waals surface area contributed by atoms with Crippen molar-refractivity contribution < 1.29 is 0 Å². The molecule has 4 heteroatoms. The van der Waals surface area contributed by atoms with E-state index in [2.05, 4.69) is 131 Å². The third-order valence-corrected chi connectivity index (χ3v) is 8.93. The third kappa shape index (κ3) is 3.75. The molecule has 0 fully saturated rings. The van der Waals surface area contributed by atoms with Crippen LogP contribution in [-0.2, 0) is 0 Å². The Balaban J connectivity index is 1.45. The molecular weight excluding hydrogens is 506 g/mol.